The molecule has 18 heavy (non-hydrogen) atoms. The lowest BCUT2D eigenvalue weighted by molar-refractivity contribution is 0.101. The molecule has 0 fully saturated rings. The number of rotatable bonds is 2. The van der Waals surface area contributed by atoms with Crippen molar-refractivity contribution in [3.05, 3.63) is 47.9 Å². The topological polar surface area (TPSA) is 48.7 Å². The van der Waals surface area contributed by atoms with Crippen LogP contribution in [0.5, 0.6) is 11.5 Å². The monoisotopic (exact) mass is 244 g/mol. The van der Waals surface area contributed by atoms with Gasteiger partial charge in [-0.2, -0.15) is 0 Å². The van der Waals surface area contributed by atoms with Gasteiger partial charge in [0.05, 0.1) is 19.5 Å². The highest BCUT2D eigenvalue weighted by atomic mass is 16.5. The first-order valence-electron chi connectivity index (χ1n) is 5.82. The zero-order chi connectivity index (χ0) is 12.4. The zero-order valence-electron chi connectivity index (χ0n) is 9.72. The van der Waals surface area contributed by atoms with E-state index < -0.39 is 0 Å². The Morgan fingerprint density at radius 1 is 1.06 bits per heavy atom. The highest BCUT2D eigenvalue weighted by molar-refractivity contribution is 6.07. The Labute approximate surface area is 104 Å². The van der Waals surface area contributed by atoms with E-state index in [0.717, 1.165) is 6.42 Å². The van der Waals surface area contributed by atoms with Crippen molar-refractivity contribution in [1.82, 2.24) is 0 Å². The molecule has 0 aliphatic carbocycles. The molecule has 4 heteroatoms. The van der Waals surface area contributed by atoms with E-state index in [1.165, 1.54) is 6.26 Å². The maximum atomic E-state index is 12.1. The molecule has 0 saturated carbocycles. The van der Waals surface area contributed by atoms with Gasteiger partial charge in [-0.25, -0.2) is 0 Å². The van der Waals surface area contributed by atoms with E-state index in [1.54, 1.807) is 30.3 Å². The molecule has 0 N–H and O–H groups in total. The summed E-state index contributed by atoms with van der Waals surface area (Å²) in [6.07, 6.45) is 2.33. The maximum absolute atomic E-state index is 12.1. The predicted octanol–water partition coefficient (Wildman–Crippen LogP) is 2.67. The van der Waals surface area contributed by atoms with Gasteiger partial charge >= 0.3 is 0 Å². The molecule has 4 nitrogen and oxygen atoms in total. The van der Waals surface area contributed by atoms with Crippen LogP contribution >= 0.6 is 0 Å². The molecule has 1 aliphatic heterocycles. The second-order valence-corrected chi connectivity index (χ2v) is 4.02. The van der Waals surface area contributed by atoms with Gasteiger partial charge in [0.2, 0.25) is 5.78 Å². The Morgan fingerprint density at radius 3 is 2.67 bits per heavy atom. The SMILES string of the molecule is O=C(c1ccc2c(c1)OCCCO2)c1ccco1. The number of hydrogen-bond donors (Lipinski definition) is 0. The Kier molecular flexibility index (Phi) is 2.76. The van der Waals surface area contributed by atoms with Crippen molar-refractivity contribution in [3.8, 4) is 11.5 Å². The minimum absolute atomic E-state index is 0.157. The number of furan rings is 1. The van der Waals surface area contributed by atoms with Crippen molar-refractivity contribution >= 4 is 5.78 Å². The molecule has 3 rings (SSSR count). The normalized spacial score (nSPS) is 14.0. The van der Waals surface area contributed by atoms with Crippen molar-refractivity contribution < 1.29 is 18.7 Å². The van der Waals surface area contributed by atoms with Crippen molar-refractivity contribution in [2.75, 3.05) is 13.2 Å². The summed E-state index contributed by atoms with van der Waals surface area (Å²) in [5, 5.41) is 0. The first-order chi connectivity index (χ1) is 8.84. The largest absolute Gasteiger partial charge is 0.490 e. The Hall–Kier alpha value is -2.23. The van der Waals surface area contributed by atoms with Gasteiger partial charge in [-0.15, -0.1) is 0 Å². The van der Waals surface area contributed by atoms with E-state index in [-0.39, 0.29) is 5.78 Å². The van der Waals surface area contributed by atoms with Gasteiger partial charge in [-0.1, -0.05) is 0 Å². The quantitative estimate of drug-likeness (QED) is 0.762. The third-order valence-corrected chi connectivity index (χ3v) is 2.75. The number of ketones is 1. The number of ether oxygens (including phenoxy) is 2. The summed E-state index contributed by atoms with van der Waals surface area (Å²) in [6, 6.07) is 8.52. The Morgan fingerprint density at radius 2 is 1.89 bits per heavy atom. The molecule has 0 atom stereocenters. The number of fused-ring (bicyclic) bond motifs is 1. The average Bonchev–Trinajstić information content (AvgIpc) is 2.83. The predicted molar refractivity (Wildman–Crippen MR) is 64.2 cm³/mol. The van der Waals surface area contributed by atoms with Crippen LogP contribution in [-0.2, 0) is 0 Å². The minimum atomic E-state index is -0.157. The van der Waals surface area contributed by atoms with Crippen molar-refractivity contribution in [1.29, 1.82) is 0 Å². The van der Waals surface area contributed by atoms with Gasteiger partial charge in [0.15, 0.2) is 17.3 Å². The standard InChI is InChI=1S/C14H12O4/c15-14(12-3-1-6-17-12)10-4-5-11-13(9-10)18-8-2-7-16-11/h1,3-6,9H,2,7-8H2. The third kappa shape index (κ3) is 1.97. The summed E-state index contributed by atoms with van der Waals surface area (Å²) in [6.45, 7) is 1.24. The second-order valence-electron chi connectivity index (χ2n) is 4.02. The summed E-state index contributed by atoms with van der Waals surface area (Å²) in [5.74, 6) is 1.47. The fraction of sp³-hybridized carbons (Fsp3) is 0.214. The molecule has 0 saturated heterocycles. The molecule has 0 bridgehead atoms. The van der Waals surface area contributed by atoms with Gasteiger partial charge in [0, 0.05) is 12.0 Å². The summed E-state index contributed by atoms with van der Waals surface area (Å²) >= 11 is 0. The van der Waals surface area contributed by atoms with E-state index in [0.29, 0.717) is 36.0 Å². The maximum Gasteiger partial charge on any atom is 0.228 e. The number of carbonyl (C=O) groups is 1. The van der Waals surface area contributed by atoms with Gasteiger partial charge in [0.1, 0.15) is 0 Å². The molecule has 2 aromatic rings. The first-order valence-corrected chi connectivity index (χ1v) is 5.82. The molecular formula is C14H12O4. The van der Waals surface area contributed by atoms with Crippen LogP contribution in [0.25, 0.3) is 0 Å². The Balaban J connectivity index is 1.94. The molecule has 1 aliphatic rings. The lowest BCUT2D eigenvalue weighted by Crippen LogP contribution is -2.01. The van der Waals surface area contributed by atoms with Crippen LogP contribution in [0.15, 0.2) is 41.0 Å². The van der Waals surface area contributed by atoms with E-state index in [9.17, 15) is 4.79 Å². The average molecular weight is 244 g/mol. The van der Waals surface area contributed by atoms with E-state index >= 15 is 0 Å². The molecule has 1 aromatic carbocycles. The fourth-order valence-electron chi connectivity index (χ4n) is 1.85. The highest BCUT2D eigenvalue weighted by Crippen LogP contribution is 2.31. The van der Waals surface area contributed by atoms with E-state index in [2.05, 4.69) is 0 Å². The minimum Gasteiger partial charge on any atom is -0.490 e. The van der Waals surface area contributed by atoms with Crippen LogP contribution in [0.1, 0.15) is 22.5 Å². The summed E-state index contributed by atoms with van der Waals surface area (Å²) in [5.41, 5.74) is 0.536. The third-order valence-electron chi connectivity index (χ3n) is 2.75. The van der Waals surface area contributed by atoms with Crippen LogP contribution in [0.2, 0.25) is 0 Å². The van der Waals surface area contributed by atoms with Crippen molar-refractivity contribution in [2.24, 2.45) is 0 Å². The highest BCUT2D eigenvalue weighted by Gasteiger charge is 2.16. The van der Waals surface area contributed by atoms with Gasteiger partial charge in [-0.3, -0.25) is 4.79 Å². The van der Waals surface area contributed by atoms with Crippen LogP contribution in [0, 0.1) is 0 Å². The molecule has 0 spiro atoms. The summed E-state index contributed by atoms with van der Waals surface area (Å²) in [7, 11) is 0. The van der Waals surface area contributed by atoms with Gasteiger partial charge < -0.3 is 13.9 Å². The summed E-state index contributed by atoms with van der Waals surface area (Å²) < 4.78 is 16.2. The van der Waals surface area contributed by atoms with E-state index in [4.69, 9.17) is 13.9 Å². The molecule has 1 aromatic heterocycles. The van der Waals surface area contributed by atoms with Gasteiger partial charge in [-0.05, 0) is 30.3 Å². The lowest BCUT2D eigenvalue weighted by Gasteiger charge is -2.08. The number of benzene rings is 1. The van der Waals surface area contributed by atoms with Crippen molar-refractivity contribution in [3.63, 3.8) is 0 Å². The molecular weight excluding hydrogens is 232 g/mol. The van der Waals surface area contributed by atoms with Crippen molar-refractivity contribution in [2.45, 2.75) is 6.42 Å². The number of carbonyl (C=O) groups excluding carboxylic acids is 1. The van der Waals surface area contributed by atoms with Crippen LogP contribution < -0.4 is 9.47 Å². The molecule has 0 amide bonds. The van der Waals surface area contributed by atoms with Crippen LogP contribution in [0.4, 0.5) is 0 Å². The molecule has 0 radical (unpaired) electrons. The summed E-state index contributed by atoms with van der Waals surface area (Å²) in [4.78, 5) is 12.1. The number of hydrogen-bond acceptors (Lipinski definition) is 4. The molecule has 0 unspecified atom stereocenters. The fourth-order valence-corrected chi connectivity index (χ4v) is 1.85. The van der Waals surface area contributed by atoms with E-state index in [1.807, 2.05) is 0 Å². The second kappa shape index (κ2) is 4.56. The van der Waals surface area contributed by atoms with Crippen LogP contribution in [0.3, 0.4) is 0 Å². The van der Waals surface area contributed by atoms with Crippen LogP contribution in [-0.4, -0.2) is 19.0 Å². The molecule has 92 valence electrons. The smallest absolute Gasteiger partial charge is 0.228 e. The lowest BCUT2D eigenvalue weighted by atomic mass is 10.1. The Bertz CT molecular complexity index is 557. The molecule has 2 heterocycles. The first kappa shape index (κ1) is 10.9. The zero-order valence-corrected chi connectivity index (χ0v) is 9.72. The van der Waals surface area contributed by atoms with Gasteiger partial charge in [0.25, 0.3) is 0 Å².